The van der Waals surface area contributed by atoms with Crippen LogP contribution in [0, 0.1) is 41.5 Å². The number of benzene rings is 8. The Bertz CT molecular complexity index is 3080. The topological polar surface area (TPSA) is 42.3 Å². The molecule has 0 spiro atoms. The molecule has 0 fully saturated rings. The maximum Gasteiger partial charge on any atom is 0.268 e. The predicted octanol–water partition coefficient (Wildman–Crippen LogP) is 14.1. The lowest BCUT2D eigenvalue weighted by molar-refractivity contribution is 0.0926. The molecule has 0 saturated carbocycles. The molecule has 0 aliphatic carbocycles. The number of amides is 2. The summed E-state index contributed by atoms with van der Waals surface area (Å²) in [5, 5.41) is 2.17. The van der Waals surface area contributed by atoms with Crippen molar-refractivity contribution in [1.82, 2.24) is 4.57 Å². The van der Waals surface area contributed by atoms with Crippen molar-refractivity contribution in [2.24, 2.45) is 0 Å². The monoisotopic (exact) mass is 776 g/mol. The second-order valence-corrected chi connectivity index (χ2v) is 16.4. The molecular formula is C56H44N2O2. The molecule has 1 aliphatic rings. The molecule has 9 aromatic rings. The van der Waals surface area contributed by atoms with E-state index >= 15 is 9.59 Å². The van der Waals surface area contributed by atoms with Gasteiger partial charge in [0.2, 0.25) is 0 Å². The molecule has 0 unspecified atom stereocenters. The van der Waals surface area contributed by atoms with Crippen LogP contribution in [0.2, 0.25) is 0 Å². The van der Waals surface area contributed by atoms with E-state index in [0.717, 1.165) is 55.2 Å². The molecule has 60 heavy (non-hydrogen) atoms. The second kappa shape index (κ2) is 14.2. The van der Waals surface area contributed by atoms with Gasteiger partial charge in [-0.15, -0.1) is 0 Å². The molecular weight excluding hydrogens is 733 g/mol. The van der Waals surface area contributed by atoms with Crippen molar-refractivity contribution < 1.29 is 9.59 Å². The van der Waals surface area contributed by atoms with Crippen LogP contribution in [0.4, 0.5) is 5.69 Å². The molecule has 0 N–H and O–H groups in total. The molecule has 1 aliphatic heterocycles. The molecule has 0 radical (unpaired) electrons. The van der Waals surface area contributed by atoms with E-state index < -0.39 is 0 Å². The van der Waals surface area contributed by atoms with Crippen LogP contribution in [0.25, 0.3) is 72.0 Å². The molecule has 1 aromatic heterocycles. The summed E-state index contributed by atoms with van der Waals surface area (Å²) in [6.45, 7) is 13.0. The maximum atomic E-state index is 15.5. The van der Waals surface area contributed by atoms with Crippen molar-refractivity contribution in [3.8, 4) is 50.2 Å². The average Bonchev–Trinajstić information content (AvgIpc) is 3.72. The minimum atomic E-state index is -0.344. The van der Waals surface area contributed by atoms with Gasteiger partial charge in [0.25, 0.3) is 11.8 Å². The fourth-order valence-corrected chi connectivity index (χ4v) is 10.0. The van der Waals surface area contributed by atoms with Crippen LogP contribution in [-0.2, 0) is 0 Å². The molecule has 4 nitrogen and oxygen atoms in total. The third-order valence-corrected chi connectivity index (χ3v) is 12.3. The van der Waals surface area contributed by atoms with E-state index in [1.807, 2.05) is 84.9 Å². The van der Waals surface area contributed by atoms with E-state index in [2.05, 4.69) is 113 Å². The fraction of sp³-hybridized carbons (Fsp3) is 0.107. The largest absolute Gasteiger partial charge is 0.307 e. The first-order chi connectivity index (χ1) is 29.1. The second-order valence-electron chi connectivity index (χ2n) is 16.4. The fourth-order valence-electron chi connectivity index (χ4n) is 10.0. The summed E-state index contributed by atoms with van der Waals surface area (Å²) in [5.41, 5.74) is 19.3. The van der Waals surface area contributed by atoms with Gasteiger partial charge in [-0.2, -0.15) is 0 Å². The summed E-state index contributed by atoms with van der Waals surface area (Å²) in [4.78, 5) is 31.9. The Balaban J connectivity index is 1.29. The lowest BCUT2D eigenvalue weighted by Crippen LogP contribution is -2.30. The summed E-state index contributed by atoms with van der Waals surface area (Å²) < 4.78 is 2.29. The van der Waals surface area contributed by atoms with Gasteiger partial charge in [0.05, 0.1) is 33.5 Å². The first-order valence-corrected chi connectivity index (χ1v) is 20.6. The van der Waals surface area contributed by atoms with Crippen molar-refractivity contribution in [2.75, 3.05) is 4.90 Å². The standard InChI is InChI=1S/C56H44N2O2/c1-33-28-35(3)50(36(4)29-33)45-22-13-20-43-44-21-14-23-46(51-37(5)30-34(2)31-38(51)6)54(44)57(53(43)45)48-25-15-24-47-52(48)56(60)58(55(47)59)49-32-41(39-16-9-7-10-17-39)26-27-42(49)40-18-11-8-12-19-40/h7-32H,1-6H3. The Hall–Kier alpha value is -7.30. The molecule has 8 aromatic carbocycles. The highest BCUT2D eigenvalue weighted by Gasteiger charge is 2.41. The quantitative estimate of drug-likeness (QED) is 0.158. The number of nitrogens with zero attached hydrogens (tertiary/aromatic N) is 2. The predicted molar refractivity (Wildman–Crippen MR) is 249 cm³/mol. The number of aryl methyl sites for hydroxylation is 6. The maximum absolute atomic E-state index is 15.5. The summed E-state index contributed by atoms with van der Waals surface area (Å²) in [6, 6.07) is 54.0. The minimum Gasteiger partial charge on any atom is -0.307 e. The number of fused-ring (bicyclic) bond motifs is 4. The highest BCUT2D eigenvalue weighted by Crippen LogP contribution is 2.47. The number of imide groups is 1. The smallest absolute Gasteiger partial charge is 0.268 e. The SMILES string of the molecule is Cc1cc(C)c(-c2cccc3c4cccc(-c5c(C)cc(C)cc5C)c4n(-c4cccc5c4C(=O)N(c4cc(-c6ccccc6)ccc4-c4ccccc4)C5=O)c23)c(C)c1. The number of hydrogen-bond donors (Lipinski definition) is 0. The average molecular weight is 777 g/mol. The first kappa shape index (κ1) is 37.0. The summed E-state index contributed by atoms with van der Waals surface area (Å²) >= 11 is 0. The van der Waals surface area contributed by atoms with Gasteiger partial charge in [-0.05, 0) is 110 Å². The third kappa shape index (κ3) is 5.74. The summed E-state index contributed by atoms with van der Waals surface area (Å²) in [7, 11) is 0. The highest BCUT2D eigenvalue weighted by molar-refractivity contribution is 6.37. The van der Waals surface area contributed by atoms with Gasteiger partial charge in [0.15, 0.2) is 0 Å². The van der Waals surface area contributed by atoms with Crippen molar-refractivity contribution >= 4 is 39.3 Å². The zero-order valence-electron chi connectivity index (χ0n) is 34.7. The Morgan fingerprint density at radius 1 is 0.350 bits per heavy atom. The number of para-hydroxylation sites is 2. The molecule has 0 bridgehead atoms. The van der Waals surface area contributed by atoms with Crippen molar-refractivity contribution in [3.63, 3.8) is 0 Å². The lowest BCUT2D eigenvalue weighted by atomic mass is 9.91. The number of rotatable bonds is 6. The highest BCUT2D eigenvalue weighted by atomic mass is 16.2. The van der Waals surface area contributed by atoms with E-state index in [1.165, 1.54) is 49.4 Å². The van der Waals surface area contributed by atoms with Gasteiger partial charge in [0.1, 0.15) is 0 Å². The van der Waals surface area contributed by atoms with Gasteiger partial charge in [0, 0.05) is 27.5 Å². The molecule has 0 saturated heterocycles. The van der Waals surface area contributed by atoms with E-state index in [9.17, 15) is 0 Å². The van der Waals surface area contributed by atoms with E-state index in [1.54, 1.807) is 6.07 Å². The van der Waals surface area contributed by atoms with Crippen LogP contribution in [0.5, 0.6) is 0 Å². The Morgan fingerprint density at radius 3 is 1.37 bits per heavy atom. The molecule has 10 rings (SSSR count). The number of anilines is 1. The number of carbonyl (C=O) groups excluding carboxylic acids is 2. The zero-order chi connectivity index (χ0) is 41.4. The van der Waals surface area contributed by atoms with Crippen molar-refractivity contribution in [2.45, 2.75) is 41.5 Å². The Labute approximate surface area is 351 Å². The minimum absolute atomic E-state index is 0.337. The van der Waals surface area contributed by atoms with Crippen LogP contribution in [0.1, 0.15) is 54.1 Å². The molecule has 4 heteroatoms. The summed E-state index contributed by atoms with van der Waals surface area (Å²) in [6.07, 6.45) is 0. The Kier molecular flexibility index (Phi) is 8.76. The van der Waals surface area contributed by atoms with Crippen molar-refractivity contribution in [1.29, 1.82) is 0 Å². The van der Waals surface area contributed by atoms with Crippen LogP contribution >= 0.6 is 0 Å². The molecule has 0 atom stereocenters. The van der Waals surface area contributed by atoms with Gasteiger partial charge in [-0.25, -0.2) is 4.90 Å². The van der Waals surface area contributed by atoms with Gasteiger partial charge >= 0.3 is 0 Å². The Morgan fingerprint density at radius 2 is 0.833 bits per heavy atom. The van der Waals surface area contributed by atoms with Gasteiger partial charge < -0.3 is 4.57 Å². The van der Waals surface area contributed by atoms with E-state index in [4.69, 9.17) is 0 Å². The van der Waals surface area contributed by atoms with Crippen LogP contribution in [0.15, 0.2) is 158 Å². The zero-order valence-corrected chi connectivity index (χ0v) is 34.7. The molecule has 2 amide bonds. The number of carbonyl (C=O) groups is 2. The normalized spacial score (nSPS) is 12.5. The molecule has 290 valence electrons. The summed E-state index contributed by atoms with van der Waals surface area (Å²) in [5.74, 6) is -0.681. The lowest BCUT2D eigenvalue weighted by Gasteiger charge is -2.21. The van der Waals surface area contributed by atoms with Gasteiger partial charge in [-0.1, -0.05) is 151 Å². The first-order valence-electron chi connectivity index (χ1n) is 20.6. The number of aromatic nitrogens is 1. The number of hydrogen-bond acceptors (Lipinski definition) is 2. The van der Waals surface area contributed by atoms with E-state index in [0.29, 0.717) is 22.5 Å². The van der Waals surface area contributed by atoms with E-state index in [-0.39, 0.29) is 11.8 Å². The van der Waals surface area contributed by atoms with Gasteiger partial charge in [-0.3, -0.25) is 9.59 Å². The van der Waals surface area contributed by atoms with Crippen molar-refractivity contribution in [3.05, 3.63) is 202 Å². The van der Waals surface area contributed by atoms with Crippen LogP contribution in [0.3, 0.4) is 0 Å². The van der Waals surface area contributed by atoms with Crippen LogP contribution < -0.4 is 4.90 Å². The molecule has 2 heterocycles. The van der Waals surface area contributed by atoms with Crippen LogP contribution in [-0.4, -0.2) is 16.4 Å². The third-order valence-electron chi connectivity index (χ3n) is 12.3.